The molecule has 3 rings (SSSR count). The number of thioether (sulfide) groups is 1. The Morgan fingerprint density at radius 2 is 2.16 bits per heavy atom. The highest BCUT2D eigenvalue weighted by Gasteiger charge is 2.27. The summed E-state index contributed by atoms with van der Waals surface area (Å²) >= 11 is 1.53. The third-order valence-corrected chi connectivity index (χ3v) is 5.29. The number of fused-ring (bicyclic) bond motifs is 1. The number of likely N-dealkylation sites (N-methyl/N-ethyl adjacent to an activating group) is 1. The molecule has 7 heteroatoms. The van der Waals surface area contributed by atoms with Crippen LogP contribution in [0.25, 0.3) is 0 Å². The summed E-state index contributed by atoms with van der Waals surface area (Å²) in [5, 5.41) is 4.15. The molecule has 0 unspecified atom stereocenters. The summed E-state index contributed by atoms with van der Waals surface area (Å²) in [7, 11) is 3.69. The highest BCUT2D eigenvalue weighted by molar-refractivity contribution is 8.00. The Morgan fingerprint density at radius 3 is 2.92 bits per heavy atom. The van der Waals surface area contributed by atoms with Gasteiger partial charge in [-0.3, -0.25) is 14.3 Å². The van der Waals surface area contributed by atoms with Crippen molar-refractivity contribution in [2.75, 3.05) is 30.8 Å². The van der Waals surface area contributed by atoms with Crippen LogP contribution in [0.15, 0.2) is 41.6 Å². The second-order valence-electron chi connectivity index (χ2n) is 6.18. The Balaban J connectivity index is 1.55. The van der Waals surface area contributed by atoms with Gasteiger partial charge in [0.15, 0.2) is 0 Å². The van der Waals surface area contributed by atoms with Crippen LogP contribution < -0.4 is 4.90 Å². The molecule has 1 aliphatic rings. The van der Waals surface area contributed by atoms with Gasteiger partial charge < -0.3 is 9.80 Å². The first-order chi connectivity index (χ1) is 12.0. The number of carbonyl (C=O) groups excluding carboxylic acids is 2. The molecule has 0 spiro atoms. The van der Waals surface area contributed by atoms with Gasteiger partial charge in [-0.15, -0.1) is 11.8 Å². The highest BCUT2D eigenvalue weighted by atomic mass is 32.2. The maximum absolute atomic E-state index is 12.5. The van der Waals surface area contributed by atoms with Crippen LogP contribution in [0.2, 0.25) is 0 Å². The summed E-state index contributed by atoms with van der Waals surface area (Å²) in [4.78, 5) is 29.1. The summed E-state index contributed by atoms with van der Waals surface area (Å²) in [6.07, 6.45) is 5.59. The van der Waals surface area contributed by atoms with Crippen molar-refractivity contribution in [3.8, 4) is 0 Å². The van der Waals surface area contributed by atoms with Crippen molar-refractivity contribution in [1.82, 2.24) is 14.7 Å². The number of amides is 2. The smallest absolute Gasteiger partial charge is 0.242 e. The van der Waals surface area contributed by atoms with Crippen LogP contribution in [0.1, 0.15) is 12.0 Å². The van der Waals surface area contributed by atoms with Gasteiger partial charge in [0.25, 0.3) is 0 Å². The van der Waals surface area contributed by atoms with Crippen LogP contribution in [0.3, 0.4) is 0 Å². The number of hydrogen-bond acceptors (Lipinski definition) is 4. The molecule has 2 amide bonds. The third kappa shape index (κ3) is 4.22. The number of hydrogen-bond donors (Lipinski definition) is 0. The van der Waals surface area contributed by atoms with E-state index >= 15 is 0 Å². The van der Waals surface area contributed by atoms with E-state index in [4.69, 9.17) is 0 Å². The van der Waals surface area contributed by atoms with Crippen molar-refractivity contribution in [3.05, 3.63) is 42.2 Å². The predicted octanol–water partition coefficient (Wildman–Crippen LogP) is 1.95. The average Bonchev–Trinajstić information content (AvgIpc) is 3.02. The van der Waals surface area contributed by atoms with Gasteiger partial charge in [-0.1, -0.05) is 12.1 Å². The molecule has 0 saturated heterocycles. The van der Waals surface area contributed by atoms with Crippen LogP contribution in [-0.4, -0.2) is 52.4 Å². The Kier molecular flexibility index (Phi) is 5.43. The fraction of sp³-hybridized carbons (Fsp3) is 0.389. The van der Waals surface area contributed by atoms with E-state index < -0.39 is 0 Å². The van der Waals surface area contributed by atoms with Crippen molar-refractivity contribution < 1.29 is 9.59 Å². The standard InChI is InChI=1S/C18H22N4O2S/c1-20(9-5-6-14-10-19-21(2)11-14)17(23)12-22-15-7-3-4-8-16(15)25-13-18(22)24/h3-4,7-8,10-11H,5-6,9,12-13H2,1-2H3. The maximum atomic E-state index is 12.5. The minimum atomic E-state index is -0.0405. The second kappa shape index (κ2) is 7.74. The molecule has 25 heavy (non-hydrogen) atoms. The number of aryl methyl sites for hydroxylation is 2. The molecule has 0 N–H and O–H groups in total. The first kappa shape index (κ1) is 17.5. The van der Waals surface area contributed by atoms with Crippen LogP contribution in [0.5, 0.6) is 0 Å². The Morgan fingerprint density at radius 1 is 1.36 bits per heavy atom. The molecule has 2 heterocycles. The second-order valence-corrected chi connectivity index (χ2v) is 7.19. The molecular weight excluding hydrogens is 336 g/mol. The number of anilines is 1. The van der Waals surface area contributed by atoms with Gasteiger partial charge in [0.1, 0.15) is 6.54 Å². The number of benzene rings is 1. The SMILES string of the molecule is CN(CCCc1cnn(C)c1)C(=O)CN1C(=O)CSc2ccccc21. The van der Waals surface area contributed by atoms with Crippen molar-refractivity contribution in [2.45, 2.75) is 17.7 Å². The van der Waals surface area contributed by atoms with E-state index in [0.717, 1.165) is 23.4 Å². The van der Waals surface area contributed by atoms with E-state index in [1.165, 1.54) is 17.3 Å². The molecule has 0 fully saturated rings. The molecular formula is C18H22N4O2S. The normalized spacial score (nSPS) is 13.7. The van der Waals surface area contributed by atoms with Crippen LogP contribution >= 0.6 is 11.8 Å². The first-order valence-corrected chi connectivity index (χ1v) is 9.27. The number of rotatable bonds is 6. The third-order valence-electron chi connectivity index (χ3n) is 4.24. The Hall–Kier alpha value is -2.28. The quantitative estimate of drug-likeness (QED) is 0.792. The summed E-state index contributed by atoms with van der Waals surface area (Å²) in [6.45, 7) is 0.756. The lowest BCUT2D eigenvalue weighted by Crippen LogP contribution is -2.44. The zero-order chi connectivity index (χ0) is 17.8. The van der Waals surface area contributed by atoms with Gasteiger partial charge in [0.2, 0.25) is 11.8 Å². The van der Waals surface area contributed by atoms with Crippen LogP contribution in [0, 0.1) is 0 Å². The van der Waals surface area contributed by atoms with E-state index in [2.05, 4.69) is 5.10 Å². The minimum Gasteiger partial charge on any atom is -0.344 e. The average molecular weight is 358 g/mol. The van der Waals surface area contributed by atoms with E-state index in [9.17, 15) is 9.59 Å². The fourth-order valence-electron chi connectivity index (χ4n) is 2.83. The molecule has 1 aromatic carbocycles. The van der Waals surface area contributed by atoms with Gasteiger partial charge in [-0.25, -0.2) is 0 Å². The molecule has 2 aromatic rings. The van der Waals surface area contributed by atoms with Gasteiger partial charge in [-0.2, -0.15) is 5.10 Å². The fourth-order valence-corrected chi connectivity index (χ4v) is 3.77. The topological polar surface area (TPSA) is 58.4 Å². The van der Waals surface area contributed by atoms with Crippen molar-refractivity contribution in [1.29, 1.82) is 0 Å². The van der Waals surface area contributed by atoms with Crippen LogP contribution in [0.4, 0.5) is 5.69 Å². The molecule has 132 valence electrons. The van der Waals surface area contributed by atoms with E-state index in [-0.39, 0.29) is 18.4 Å². The monoisotopic (exact) mass is 358 g/mol. The van der Waals surface area contributed by atoms with Gasteiger partial charge >= 0.3 is 0 Å². The first-order valence-electron chi connectivity index (χ1n) is 8.28. The number of aromatic nitrogens is 2. The van der Waals surface area contributed by atoms with Gasteiger partial charge in [0.05, 0.1) is 17.6 Å². The van der Waals surface area contributed by atoms with Crippen LogP contribution in [-0.2, 0) is 23.1 Å². The van der Waals surface area contributed by atoms with Crippen molar-refractivity contribution in [2.24, 2.45) is 7.05 Å². The zero-order valence-corrected chi connectivity index (χ0v) is 15.3. The molecule has 0 bridgehead atoms. The lowest BCUT2D eigenvalue weighted by atomic mass is 10.2. The summed E-state index contributed by atoms with van der Waals surface area (Å²) in [5.41, 5.74) is 2.00. The molecule has 1 aliphatic heterocycles. The molecule has 6 nitrogen and oxygen atoms in total. The number of nitrogens with zero attached hydrogens (tertiary/aromatic N) is 4. The van der Waals surface area contributed by atoms with E-state index in [0.29, 0.717) is 12.3 Å². The summed E-state index contributed by atoms with van der Waals surface area (Å²) < 4.78 is 1.78. The highest BCUT2D eigenvalue weighted by Crippen LogP contribution is 2.34. The summed E-state index contributed by atoms with van der Waals surface area (Å²) in [5.74, 6) is 0.330. The minimum absolute atomic E-state index is 0.0131. The number of carbonyl (C=O) groups is 2. The molecule has 0 saturated carbocycles. The Bertz CT molecular complexity index is 774. The predicted molar refractivity (Wildman–Crippen MR) is 98.7 cm³/mol. The lowest BCUT2D eigenvalue weighted by molar-refractivity contribution is -0.130. The van der Waals surface area contributed by atoms with E-state index in [1.807, 2.05) is 43.7 Å². The Labute approximate surface area is 151 Å². The maximum Gasteiger partial charge on any atom is 0.242 e. The molecule has 0 atom stereocenters. The lowest BCUT2D eigenvalue weighted by Gasteiger charge is -2.30. The largest absolute Gasteiger partial charge is 0.344 e. The summed E-state index contributed by atoms with van der Waals surface area (Å²) in [6, 6.07) is 7.73. The van der Waals surface area contributed by atoms with E-state index in [1.54, 1.807) is 21.5 Å². The van der Waals surface area contributed by atoms with Crippen molar-refractivity contribution in [3.63, 3.8) is 0 Å². The molecule has 1 aromatic heterocycles. The van der Waals surface area contributed by atoms with Crippen molar-refractivity contribution >= 4 is 29.3 Å². The number of para-hydroxylation sites is 1. The zero-order valence-electron chi connectivity index (χ0n) is 14.5. The van der Waals surface area contributed by atoms with Gasteiger partial charge in [-0.05, 0) is 30.5 Å². The molecule has 0 aliphatic carbocycles. The van der Waals surface area contributed by atoms with Gasteiger partial charge in [0, 0.05) is 31.7 Å². The molecule has 0 radical (unpaired) electrons.